The third-order valence-corrected chi connectivity index (χ3v) is 6.49. The fraction of sp³-hybridized carbons (Fsp3) is 0.529. The molecule has 136 valence electrons. The maximum absolute atomic E-state index is 10.2. The van der Waals surface area contributed by atoms with Gasteiger partial charge in [-0.15, -0.1) is 10.2 Å². The van der Waals surface area contributed by atoms with Crippen molar-refractivity contribution in [1.29, 1.82) is 0 Å². The Labute approximate surface area is 156 Å². The molecule has 1 aromatic heterocycles. The number of morpholine rings is 1. The first kappa shape index (κ1) is 18.6. The van der Waals surface area contributed by atoms with Crippen LogP contribution < -0.4 is 10.2 Å². The number of thioether (sulfide) groups is 1. The molecule has 1 aliphatic rings. The Morgan fingerprint density at radius 1 is 1.32 bits per heavy atom. The Morgan fingerprint density at radius 3 is 2.92 bits per heavy atom. The topological polar surface area (TPSA) is 71.7 Å². The summed E-state index contributed by atoms with van der Waals surface area (Å²) in [6, 6.07) is 6.18. The van der Waals surface area contributed by atoms with Crippen LogP contribution >= 0.6 is 23.1 Å². The van der Waals surface area contributed by atoms with Crippen LogP contribution in [0.3, 0.4) is 0 Å². The molecule has 0 spiro atoms. The molecule has 2 heterocycles. The average Bonchev–Trinajstić information content (AvgIpc) is 3.06. The number of benzene rings is 1. The van der Waals surface area contributed by atoms with Gasteiger partial charge in [-0.2, -0.15) is 0 Å². The largest absolute Gasteiger partial charge is 0.386 e. The number of aryl methyl sites for hydroxylation is 1. The SMILES string of the molecule is Cc1cccc(Nc2nnc(SC[C@@H](O)C[NH+]3CCOCC3)s2)c1C. The van der Waals surface area contributed by atoms with E-state index in [9.17, 15) is 5.11 Å². The van der Waals surface area contributed by atoms with Crippen molar-refractivity contribution >= 4 is 33.9 Å². The number of aliphatic hydroxyl groups excluding tert-OH is 1. The van der Waals surface area contributed by atoms with Gasteiger partial charge in [-0.1, -0.05) is 35.2 Å². The van der Waals surface area contributed by atoms with Crippen molar-refractivity contribution < 1.29 is 14.7 Å². The zero-order valence-electron chi connectivity index (χ0n) is 14.6. The number of quaternary nitrogens is 1. The van der Waals surface area contributed by atoms with Crippen LogP contribution in [0.5, 0.6) is 0 Å². The van der Waals surface area contributed by atoms with E-state index < -0.39 is 0 Å². The molecule has 1 aromatic carbocycles. The summed E-state index contributed by atoms with van der Waals surface area (Å²) in [5.74, 6) is 0.641. The Morgan fingerprint density at radius 2 is 2.12 bits per heavy atom. The normalized spacial score (nSPS) is 16.8. The monoisotopic (exact) mass is 381 g/mol. The maximum Gasteiger partial charge on any atom is 0.210 e. The van der Waals surface area contributed by atoms with Gasteiger partial charge in [-0.3, -0.25) is 0 Å². The van der Waals surface area contributed by atoms with E-state index in [-0.39, 0.29) is 6.10 Å². The van der Waals surface area contributed by atoms with E-state index in [1.807, 2.05) is 12.1 Å². The van der Waals surface area contributed by atoms with Gasteiger partial charge < -0.3 is 20.1 Å². The van der Waals surface area contributed by atoms with Crippen LogP contribution in [-0.2, 0) is 4.74 Å². The number of hydrogen-bond acceptors (Lipinski definition) is 7. The van der Waals surface area contributed by atoms with E-state index in [0.29, 0.717) is 5.75 Å². The molecule has 1 aliphatic heterocycles. The second-order valence-electron chi connectivity index (χ2n) is 6.28. The van der Waals surface area contributed by atoms with Crippen LogP contribution in [0.1, 0.15) is 11.1 Å². The van der Waals surface area contributed by atoms with Crippen molar-refractivity contribution in [2.24, 2.45) is 0 Å². The lowest BCUT2D eigenvalue weighted by molar-refractivity contribution is -0.910. The van der Waals surface area contributed by atoms with E-state index >= 15 is 0 Å². The highest BCUT2D eigenvalue weighted by atomic mass is 32.2. The minimum atomic E-state index is -0.336. The first-order valence-electron chi connectivity index (χ1n) is 8.50. The summed E-state index contributed by atoms with van der Waals surface area (Å²) in [6.45, 7) is 8.49. The predicted molar refractivity (Wildman–Crippen MR) is 102 cm³/mol. The summed E-state index contributed by atoms with van der Waals surface area (Å²) in [4.78, 5) is 1.41. The Hall–Kier alpha value is -1.19. The van der Waals surface area contributed by atoms with E-state index in [2.05, 4.69) is 35.4 Å². The number of aliphatic hydroxyl groups is 1. The zero-order chi connectivity index (χ0) is 17.6. The molecule has 0 aliphatic carbocycles. The van der Waals surface area contributed by atoms with E-state index in [0.717, 1.165) is 48.0 Å². The molecule has 0 amide bonds. The van der Waals surface area contributed by atoms with Crippen LogP contribution in [0.2, 0.25) is 0 Å². The third kappa shape index (κ3) is 5.39. The van der Waals surface area contributed by atoms with Gasteiger partial charge in [0.1, 0.15) is 25.7 Å². The summed E-state index contributed by atoms with van der Waals surface area (Å²) >= 11 is 3.09. The highest BCUT2D eigenvalue weighted by molar-refractivity contribution is 8.01. The van der Waals surface area contributed by atoms with Crippen molar-refractivity contribution in [3.05, 3.63) is 29.3 Å². The second-order valence-corrected chi connectivity index (χ2v) is 8.52. The van der Waals surface area contributed by atoms with Crippen molar-refractivity contribution in [2.45, 2.75) is 24.3 Å². The molecule has 6 nitrogen and oxygen atoms in total. The standard InChI is InChI=1S/C17H24N4O2S2/c1-12-4-3-5-15(13(12)2)18-16-19-20-17(25-16)24-11-14(22)10-21-6-8-23-9-7-21/h3-5,14,22H,6-11H2,1-2H3,(H,18,19)/p+1/t14-/m0/s1. The number of rotatable bonds is 7. The minimum Gasteiger partial charge on any atom is -0.386 e. The van der Waals surface area contributed by atoms with Gasteiger partial charge in [-0.05, 0) is 31.0 Å². The van der Waals surface area contributed by atoms with Crippen LogP contribution in [-0.4, -0.2) is 60.0 Å². The summed E-state index contributed by atoms with van der Waals surface area (Å²) in [6.07, 6.45) is -0.336. The molecule has 1 atom stereocenters. The maximum atomic E-state index is 10.2. The number of aromatic nitrogens is 2. The molecular formula is C17H25N4O2S2+. The molecule has 0 bridgehead atoms. The first-order chi connectivity index (χ1) is 12.1. The van der Waals surface area contributed by atoms with Gasteiger partial charge in [0.2, 0.25) is 5.13 Å². The van der Waals surface area contributed by atoms with Gasteiger partial charge in [-0.25, -0.2) is 0 Å². The van der Waals surface area contributed by atoms with Gasteiger partial charge in [0, 0.05) is 11.4 Å². The molecule has 0 radical (unpaired) electrons. The Kier molecular flexibility index (Phi) is 6.66. The number of hydrogen-bond donors (Lipinski definition) is 3. The van der Waals surface area contributed by atoms with Gasteiger partial charge in [0.05, 0.1) is 13.2 Å². The summed E-state index contributed by atoms with van der Waals surface area (Å²) in [5, 5.41) is 22.8. The molecule has 3 N–H and O–H groups in total. The molecular weight excluding hydrogens is 356 g/mol. The fourth-order valence-electron chi connectivity index (χ4n) is 2.74. The highest BCUT2D eigenvalue weighted by Gasteiger charge is 2.19. The highest BCUT2D eigenvalue weighted by Crippen LogP contribution is 2.29. The summed E-state index contributed by atoms with van der Waals surface area (Å²) < 4.78 is 6.23. The molecule has 0 unspecified atom stereocenters. The van der Waals surface area contributed by atoms with Crippen LogP contribution in [0.25, 0.3) is 0 Å². The summed E-state index contributed by atoms with van der Waals surface area (Å²) in [5.41, 5.74) is 3.53. The van der Waals surface area contributed by atoms with Crippen molar-refractivity contribution in [3.63, 3.8) is 0 Å². The number of anilines is 2. The second kappa shape index (κ2) is 8.95. The summed E-state index contributed by atoms with van der Waals surface area (Å²) in [7, 11) is 0. The van der Waals surface area contributed by atoms with Gasteiger partial charge in [0.15, 0.2) is 4.34 Å². The lowest BCUT2D eigenvalue weighted by Gasteiger charge is -2.25. The van der Waals surface area contributed by atoms with Crippen LogP contribution in [0, 0.1) is 13.8 Å². The Bertz CT molecular complexity index is 689. The predicted octanol–water partition coefficient (Wildman–Crippen LogP) is 1.27. The first-order valence-corrected chi connectivity index (χ1v) is 10.3. The third-order valence-electron chi connectivity index (χ3n) is 4.38. The number of nitrogens with zero attached hydrogens (tertiary/aromatic N) is 2. The average molecular weight is 382 g/mol. The molecule has 2 aromatic rings. The van der Waals surface area contributed by atoms with Crippen molar-refractivity contribution in [3.8, 4) is 0 Å². The van der Waals surface area contributed by atoms with E-state index in [1.165, 1.54) is 27.4 Å². The van der Waals surface area contributed by atoms with Crippen LogP contribution in [0.15, 0.2) is 22.5 Å². The molecule has 1 fully saturated rings. The van der Waals surface area contributed by atoms with E-state index in [4.69, 9.17) is 4.74 Å². The van der Waals surface area contributed by atoms with E-state index in [1.54, 1.807) is 11.8 Å². The lowest BCUT2D eigenvalue weighted by atomic mass is 10.1. The smallest absolute Gasteiger partial charge is 0.210 e. The molecule has 25 heavy (non-hydrogen) atoms. The van der Waals surface area contributed by atoms with Crippen molar-refractivity contribution in [1.82, 2.24) is 10.2 Å². The lowest BCUT2D eigenvalue weighted by Crippen LogP contribution is -3.15. The Balaban J connectivity index is 1.49. The van der Waals surface area contributed by atoms with Gasteiger partial charge in [0.25, 0.3) is 0 Å². The molecule has 1 saturated heterocycles. The minimum absolute atomic E-state index is 0.336. The number of ether oxygens (including phenoxy) is 1. The van der Waals surface area contributed by atoms with Crippen molar-refractivity contribution in [2.75, 3.05) is 43.9 Å². The van der Waals surface area contributed by atoms with Gasteiger partial charge >= 0.3 is 0 Å². The number of nitrogens with one attached hydrogen (secondary N) is 2. The quantitative estimate of drug-likeness (QED) is 0.628. The fourth-order valence-corrected chi connectivity index (χ4v) is 4.46. The van der Waals surface area contributed by atoms with Crippen LogP contribution in [0.4, 0.5) is 10.8 Å². The molecule has 0 saturated carbocycles. The molecule has 8 heteroatoms. The molecule has 3 rings (SSSR count). The zero-order valence-corrected chi connectivity index (χ0v) is 16.3.